The third-order valence-corrected chi connectivity index (χ3v) is 4.83. The number of fused-ring (bicyclic) bond motifs is 3. The molecule has 0 radical (unpaired) electrons. The fourth-order valence-electron chi connectivity index (χ4n) is 3.35. The van der Waals surface area contributed by atoms with Crippen molar-refractivity contribution in [3.05, 3.63) is 64.4 Å². The number of furan rings is 1. The Bertz CT molecular complexity index is 1160. The maximum Gasteiger partial charge on any atom is 0.307 e. The van der Waals surface area contributed by atoms with Gasteiger partial charge in [-0.3, -0.25) is 4.79 Å². The molecule has 2 aromatic carbocycles. The van der Waals surface area contributed by atoms with Crippen LogP contribution in [0.3, 0.4) is 0 Å². The van der Waals surface area contributed by atoms with E-state index in [9.17, 15) is 9.90 Å². The lowest BCUT2D eigenvalue weighted by Crippen LogP contribution is -2.27. The van der Waals surface area contributed by atoms with Gasteiger partial charge in [0.15, 0.2) is 5.76 Å². The third-order valence-electron chi connectivity index (χ3n) is 4.83. The number of aryl methyl sites for hydroxylation is 2. The number of amides is 1. The summed E-state index contributed by atoms with van der Waals surface area (Å²) in [6, 6.07) is 9.02. The first-order valence-electron chi connectivity index (χ1n) is 9.32. The average Bonchev–Trinajstić information content (AvgIpc) is 3.09. The number of hydrogen-bond donors (Lipinski definition) is 2. The molecule has 0 fully saturated rings. The van der Waals surface area contributed by atoms with Gasteiger partial charge in [-0.15, -0.1) is 0 Å². The van der Waals surface area contributed by atoms with Gasteiger partial charge in [0.2, 0.25) is 0 Å². The minimum atomic E-state index is -0.445. The summed E-state index contributed by atoms with van der Waals surface area (Å²) < 4.78 is 11.8. The molecule has 0 bridgehead atoms. The van der Waals surface area contributed by atoms with Gasteiger partial charge in [0.05, 0.1) is 11.8 Å². The van der Waals surface area contributed by atoms with Gasteiger partial charge in [0, 0.05) is 5.39 Å². The maximum atomic E-state index is 12.5. The standard InChI is InChI=1S/C23H22N2O4/c1-13-9-15(10-14(2)20(13)26)12-24-25-22(27)19-11-16-5-6-18-17(21(16)28-19)7-8-23(3,4)29-18/h5-12,26H,1-4H3,(H,25,27)/b24-12+. The quantitative estimate of drug-likeness (QED) is 0.501. The molecule has 1 aromatic heterocycles. The molecule has 0 saturated carbocycles. The third kappa shape index (κ3) is 3.61. The lowest BCUT2D eigenvalue weighted by atomic mass is 10.0. The van der Waals surface area contributed by atoms with Crippen LogP contribution in [0.5, 0.6) is 11.5 Å². The maximum absolute atomic E-state index is 12.5. The minimum Gasteiger partial charge on any atom is -0.507 e. The van der Waals surface area contributed by atoms with Crippen LogP contribution in [0.2, 0.25) is 0 Å². The van der Waals surface area contributed by atoms with Gasteiger partial charge in [-0.1, -0.05) is 0 Å². The van der Waals surface area contributed by atoms with Crippen LogP contribution < -0.4 is 10.2 Å². The molecule has 6 heteroatoms. The number of phenols is 1. The molecule has 0 spiro atoms. The zero-order valence-corrected chi connectivity index (χ0v) is 16.7. The van der Waals surface area contributed by atoms with Crippen molar-refractivity contribution in [3.63, 3.8) is 0 Å². The van der Waals surface area contributed by atoms with Crippen LogP contribution in [0.25, 0.3) is 17.0 Å². The van der Waals surface area contributed by atoms with Gasteiger partial charge < -0.3 is 14.3 Å². The smallest absolute Gasteiger partial charge is 0.307 e. The van der Waals surface area contributed by atoms with Crippen LogP contribution in [-0.2, 0) is 0 Å². The molecule has 4 rings (SSSR count). The molecular formula is C23H22N2O4. The Kier molecular flexibility index (Phi) is 4.42. The minimum absolute atomic E-state index is 0.168. The Morgan fingerprint density at radius 1 is 1.17 bits per heavy atom. The van der Waals surface area contributed by atoms with E-state index in [4.69, 9.17) is 9.15 Å². The number of ether oxygens (including phenoxy) is 1. The Balaban J connectivity index is 1.55. The molecule has 2 N–H and O–H groups in total. The predicted octanol–water partition coefficient (Wildman–Crippen LogP) is 4.70. The van der Waals surface area contributed by atoms with Gasteiger partial charge in [0.25, 0.3) is 0 Å². The van der Waals surface area contributed by atoms with E-state index in [1.807, 2.05) is 52.0 Å². The highest BCUT2D eigenvalue weighted by Gasteiger charge is 2.24. The van der Waals surface area contributed by atoms with Crippen molar-refractivity contribution in [1.29, 1.82) is 0 Å². The highest BCUT2D eigenvalue weighted by atomic mass is 16.5. The largest absolute Gasteiger partial charge is 0.507 e. The summed E-state index contributed by atoms with van der Waals surface area (Å²) in [7, 11) is 0. The van der Waals surface area contributed by atoms with E-state index in [0.717, 1.165) is 33.4 Å². The molecule has 0 aliphatic carbocycles. The molecule has 1 aliphatic rings. The first-order valence-corrected chi connectivity index (χ1v) is 9.32. The van der Waals surface area contributed by atoms with Crippen LogP contribution >= 0.6 is 0 Å². The second-order valence-electron chi connectivity index (χ2n) is 7.75. The van der Waals surface area contributed by atoms with Crippen LogP contribution in [-0.4, -0.2) is 22.8 Å². The van der Waals surface area contributed by atoms with Crippen LogP contribution in [0.4, 0.5) is 0 Å². The van der Waals surface area contributed by atoms with Crippen molar-refractivity contribution in [3.8, 4) is 11.5 Å². The number of rotatable bonds is 3. The molecular weight excluding hydrogens is 368 g/mol. The first kappa shape index (κ1) is 18.8. The molecule has 148 valence electrons. The van der Waals surface area contributed by atoms with Crippen LogP contribution in [0.15, 0.2) is 45.9 Å². The Labute approximate surface area is 168 Å². The lowest BCUT2D eigenvalue weighted by molar-refractivity contribution is 0.0929. The van der Waals surface area contributed by atoms with E-state index in [2.05, 4.69) is 10.5 Å². The first-order chi connectivity index (χ1) is 13.7. The Morgan fingerprint density at radius 3 is 2.62 bits per heavy atom. The van der Waals surface area contributed by atoms with Gasteiger partial charge in [-0.2, -0.15) is 5.10 Å². The summed E-state index contributed by atoms with van der Waals surface area (Å²) >= 11 is 0. The number of nitrogens with zero attached hydrogens (tertiary/aromatic N) is 1. The zero-order valence-electron chi connectivity index (χ0n) is 16.7. The van der Waals surface area contributed by atoms with Crippen LogP contribution in [0, 0.1) is 13.8 Å². The SMILES string of the molecule is Cc1cc(/C=N/NC(=O)c2cc3ccc4c(c3o2)C=CC(C)(C)O4)cc(C)c1O. The summed E-state index contributed by atoms with van der Waals surface area (Å²) in [5.41, 5.74) is 5.80. The summed E-state index contributed by atoms with van der Waals surface area (Å²) in [4.78, 5) is 12.5. The van der Waals surface area contributed by atoms with E-state index in [1.54, 1.807) is 18.2 Å². The predicted molar refractivity (Wildman–Crippen MR) is 113 cm³/mol. The van der Waals surface area contributed by atoms with Crippen molar-refractivity contribution >= 4 is 29.2 Å². The number of aromatic hydroxyl groups is 1. The summed E-state index contributed by atoms with van der Waals surface area (Å²) in [6.45, 7) is 7.58. The van der Waals surface area contributed by atoms with E-state index in [1.165, 1.54) is 6.21 Å². The number of carbonyl (C=O) groups is 1. The Hall–Kier alpha value is -3.54. The number of hydrogen-bond acceptors (Lipinski definition) is 5. The number of phenolic OH excluding ortho intramolecular Hbond substituents is 1. The van der Waals surface area contributed by atoms with Crippen molar-refractivity contribution < 1.29 is 19.1 Å². The van der Waals surface area contributed by atoms with Crippen molar-refractivity contribution in [2.45, 2.75) is 33.3 Å². The van der Waals surface area contributed by atoms with Gasteiger partial charge >= 0.3 is 5.91 Å². The van der Waals surface area contributed by atoms with E-state index >= 15 is 0 Å². The lowest BCUT2D eigenvalue weighted by Gasteiger charge is -2.27. The Morgan fingerprint density at radius 2 is 1.90 bits per heavy atom. The van der Waals surface area contributed by atoms with Gasteiger partial charge in [-0.25, -0.2) is 5.43 Å². The summed E-state index contributed by atoms with van der Waals surface area (Å²) in [6.07, 6.45) is 5.45. The van der Waals surface area contributed by atoms with E-state index < -0.39 is 5.91 Å². The van der Waals surface area contributed by atoms with E-state index in [0.29, 0.717) is 5.58 Å². The molecule has 0 atom stereocenters. The van der Waals surface area contributed by atoms with Crippen molar-refractivity contribution in [2.75, 3.05) is 0 Å². The normalized spacial score (nSPS) is 14.8. The molecule has 29 heavy (non-hydrogen) atoms. The fraction of sp³-hybridized carbons (Fsp3) is 0.217. The topological polar surface area (TPSA) is 84.1 Å². The number of nitrogens with one attached hydrogen (secondary N) is 1. The highest BCUT2D eigenvalue weighted by molar-refractivity contribution is 5.99. The molecule has 3 aromatic rings. The monoisotopic (exact) mass is 390 g/mol. The van der Waals surface area contributed by atoms with Gasteiger partial charge in [0.1, 0.15) is 22.7 Å². The van der Waals surface area contributed by atoms with Crippen molar-refractivity contribution in [2.24, 2.45) is 5.10 Å². The second-order valence-corrected chi connectivity index (χ2v) is 7.75. The number of carbonyl (C=O) groups excluding carboxylic acids is 1. The molecule has 2 heterocycles. The van der Waals surface area contributed by atoms with Crippen molar-refractivity contribution in [1.82, 2.24) is 5.43 Å². The summed E-state index contributed by atoms with van der Waals surface area (Å²) in [5.74, 6) is 0.710. The zero-order chi connectivity index (χ0) is 20.8. The number of hydrazone groups is 1. The molecule has 0 unspecified atom stereocenters. The molecule has 1 amide bonds. The molecule has 0 saturated heterocycles. The average molecular weight is 390 g/mol. The molecule has 6 nitrogen and oxygen atoms in total. The second kappa shape index (κ2) is 6.81. The van der Waals surface area contributed by atoms with Crippen LogP contribution in [0.1, 0.15) is 46.7 Å². The summed E-state index contributed by atoms with van der Waals surface area (Å²) in [5, 5.41) is 14.7. The van der Waals surface area contributed by atoms with E-state index in [-0.39, 0.29) is 17.1 Å². The highest BCUT2D eigenvalue weighted by Crippen LogP contribution is 2.37. The van der Waals surface area contributed by atoms with Gasteiger partial charge in [-0.05, 0) is 86.9 Å². The molecule has 1 aliphatic heterocycles. The number of benzene rings is 2. The fourth-order valence-corrected chi connectivity index (χ4v) is 3.35.